The summed E-state index contributed by atoms with van der Waals surface area (Å²) in [6.07, 6.45) is 4.63. The lowest BCUT2D eigenvalue weighted by Crippen LogP contribution is -2.44. The Morgan fingerprint density at radius 2 is 2.10 bits per heavy atom. The van der Waals surface area contributed by atoms with Crippen LogP contribution in [0.5, 0.6) is 0 Å². The zero-order valence-electron chi connectivity index (χ0n) is 12.0. The van der Waals surface area contributed by atoms with Crippen molar-refractivity contribution >= 4 is 17.5 Å². The molecule has 0 radical (unpaired) electrons. The summed E-state index contributed by atoms with van der Waals surface area (Å²) < 4.78 is 7.09. The molecule has 1 saturated heterocycles. The summed E-state index contributed by atoms with van der Waals surface area (Å²) in [6, 6.07) is 1.81. The number of aromatic nitrogens is 5. The highest BCUT2D eigenvalue weighted by molar-refractivity contribution is 6.28. The van der Waals surface area contributed by atoms with Crippen LogP contribution in [-0.4, -0.2) is 51.0 Å². The molecule has 0 aliphatic carbocycles. The zero-order chi connectivity index (χ0) is 14.8. The van der Waals surface area contributed by atoms with Crippen molar-refractivity contribution in [1.29, 1.82) is 0 Å². The SMILES string of the molecule is COC1CN(c2nc(Cl)nc(-n3cccn3)n2)CCC1C. The highest BCUT2D eigenvalue weighted by Gasteiger charge is 2.28. The Labute approximate surface area is 127 Å². The van der Waals surface area contributed by atoms with E-state index in [2.05, 4.69) is 31.9 Å². The first-order chi connectivity index (χ1) is 10.2. The molecule has 1 aliphatic heterocycles. The predicted octanol–water partition coefficient (Wildman–Crippen LogP) is 1.57. The van der Waals surface area contributed by atoms with E-state index in [0.29, 0.717) is 17.8 Å². The van der Waals surface area contributed by atoms with E-state index in [4.69, 9.17) is 16.3 Å². The average molecular weight is 309 g/mol. The molecular formula is C13H17ClN6O. The van der Waals surface area contributed by atoms with Gasteiger partial charge in [0.1, 0.15) is 0 Å². The van der Waals surface area contributed by atoms with Crippen LogP contribution in [0.2, 0.25) is 5.28 Å². The molecule has 2 atom stereocenters. The van der Waals surface area contributed by atoms with Crippen molar-refractivity contribution in [1.82, 2.24) is 24.7 Å². The van der Waals surface area contributed by atoms with Crippen molar-refractivity contribution in [3.63, 3.8) is 0 Å². The number of rotatable bonds is 3. The molecule has 0 N–H and O–H groups in total. The van der Waals surface area contributed by atoms with Gasteiger partial charge in [-0.2, -0.15) is 20.1 Å². The molecule has 0 saturated carbocycles. The lowest BCUT2D eigenvalue weighted by Gasteiger charge is -2.36. The summed E-state index contributed by atoms with van der Waals surface area (Å²) in [6.45, 7) is 3.82. The number of nitrogens with zero attached hydrogens (tertiary/aromatic N) is 6. The molecule has 0 spiro atoms. The monoisotopic (exact) mass is 308 g/mol. The van der Waals surface area contributed by atoms with E-state index in [1.165, 1.54) is 0 Å². The molecule has 112 valence electrons. The van der Waals surface area contributed by atoms with Crippen molar-refractivity contribution < 1.29 is 4.74 Å². The van der Waals surface area contributed by atoms with Gasteiger partial charge in [0.25, 0.3) is 5.95 Å². The molecule has 1 fully saturated rings. The first-order valence-corrected chi connectivity index (χ1v) is 7.24. The number of halogens is 1. The Hall–Kier alpha value is -1.73. The number of ether oxygens (including phenoxy) is 1. The quantitative estimate of drug-likeness (QED) is 0.857. The minimum absolute atomic E-state index is 0.165. The van der Waals surface area contributed by atoms with Gasteiger partial charge in [-0.25, -0.2) is 4.68 Å². The molecule has 8 heteroatoms. The maximum atomic E-state index is 6.02. The van der Waals surface area contributed by atoms with Crippen LogP contribution >= 0.6 is 11.6 Å². The fraction of sp³-hybridized carbons (Fsp3) is 0.538. The van der Waals surface area contributed by atoms with E-state index in [-0.39, 0.29) is 11.4 Å². The van der Waals surface area contributed by atoms with E-state index >= 15 is 0 Å². The highest BCUT2D eigenvalue weighted by atomic mass is 35.5. The third-order valence-electron chi connectivity index (χ3n) is 3.77. The molecule has 2 aromatic rings. The van der Waals surface area contributed by atoms with Gasteiger partial charge in [0, 0.05) is 32.6 Å². The maximum absolute atomic E-state index is 6.02. The van der Waals surface area contributed by atoms with Crippen molar-refractivity contribution in [2.75, 3.05) is 25.1 Å². The van der Waals surface area contributed by atoms with Gasteiger partial charge in [0.2, 0.25) is 11.2 Å². The molecule has 7 nitrogen and oxygen atoms in total. The number of hydrogen-bond donors (Lipinski definition) is 0. The first kappa shape index (κ1) is 14.2. The van der Waals surface area contributed by atoms with Gasteiger partial charge in [0.05, 0.1) is 6.10 Å². The second-order valence-electron chi connectivity index (χ2n) is 5.14. The second-order valence-corrected chi connectivity index (χ2v) is 5.48. The van der Waals surface area contributed by atoms with Crippen LogP contribution in [-0.2, 0) is 4.74 Å². The molecule has 2 unspecified atom stereocenters. The molecule has 0 bridgehead atoms. The fourth-order valence-corrected chi connectivity index (χ4v) is 2.63. The average Bonchev–Trinajstić information content (AvgIpc) is 3.01. The van der Waals surface area contributed by atoms with Crippen LogP contribution in [0.1, 0.15) is 13.3 Å². The Bertz CT molecular complexity index is 605. The first-order valence-electron chi connectivity index (χ1n) is 6.86. The van der Waals surface area contributed by atoms with Crippen molar-refractivity contribution in [3.8, 4) is 5.95 Å². The molecule has 21 heavy (non-hydrogen) atoms. The van der Waals surface area contributed by atoms with Crippen LogP contribution in [0.25, 0.3) is 5.95 Å². The van der Waals surface area contributed by atoms with Crippen molar-refractivity contribution in [2.24, 2.45) is 5.92 Å². The standard InChI is InChI=1S/C13H17ClN6O/c1-9-4-7-19(8-10(9)21-2)12-16-11(14)17-13(18-12)20-6-3-5-15-20/h3,5-6,9-10H,4,7-8H2,1-2H3. The van der Waals surface area contributed by atoms with Crippen molar-refractivity contribution in [2.45, 2.75) is 19.4 Å². The second kappa shape index (κ2) is 5.95. The minimum atomic E-state index is 0.165. The lowest BCUT2D eigenvalue weighted by molar-refractivity contribution is 0.0494. The Morgan fingerprint density at radius 3 is 2.81 bits per heavy atom. The summed E-state index contributed by atoms with van der Waals surface area (Å²) in [5.41, 5.74) is 0. The van der Waals surface area contributed by atoms with E-state index in [1.807, 2.05) is 0 Å². The van der Waals surface area contributed by atoms with Gasteiger partial charge in [-0.05, 0) is 30.0 Å². The van der Waals surface area contributed by atoms with Gasteiger partial charge in [-0.3, -0.25) is 0 Å². The zero-order valence-corrected chi connectivity index (χ0v) is 12.7. The molecule has 0 amide bonds. The third-order valence-corrected chi connectivity index (χ3v) is 3.94. The van der Waals surface area contributed by atoms with Crippen LogP contribution in [0.15, 0.2) is 18.5 Å². The predicted molar refractivity (Wildman–Crippen MR) is 78.8 cm³/mol. The number of anilines is 1. The number of hydrogen-bond acceptors (Lipinski definition) is 6. The Kier molecular flexibility index (Phi) is 4.03. The highest BCUT2D eigenvalue weighted by Crippen LogP contribution is 2.23. The smallest absolute Gasteiger partial charge is 0.256 e. The van der Waals surface area contributed by atoms with Crippen LogP contribution < -0.4 is 4.90 Å². The van der Waals surface area contributed by atoms with Gasteiger partial charge < -0.3 is 9.64 Å². The molecule has 3 rings (SSSR count). The fourth-order valence-electron chi connectivity index (χ4n) is 2.48. The van der Waals surface area contributed by atoms with Crippen LogP contribution in [0, 0.1) is 5.92 Å². The lowest BCUT2D eigenvalue weighted by atomic mass is 9.96. The summed E-state index contributed by atoms with van der Waals surface area (Å²) in [4.78, 5) is 14.9. The third kappa shape index (κ3) is 2.98. The van der Waals surface area contributed by atoms with Gasteiger partial charge >= 0.3 is 0 Å². The van der Waals surface area contributed by atoms with Gasteiger partial charge in [-0.1, -0.05) is 6.92 Å². The Balaban J connectivity index is 1.88. The molecule has 3 heterocycles. The topological polar surface area (TPSA) is 69.0 Å². The summed E-state index contributed by atoms with van der Waals surface area (Å²) in [5, 5.41) is 4.28. The summed E-state index contributed by atoms with van der Waals surface area (Å²) >= 11 is 6.02. The normalized spacial score (nSPS) is 22.5. The summed E-state index contributed by atoms with van der Waals surface area (Å²) in [5.74, 6) is 1.51. The molecular weight excluding hydrogens is 292 g/mol. The van der Waals surface area contributed by atoms with Crippen LogP contribution in [0.3, 0.4) is 0 Å². The molecule has 0 aromatic carbocycles. The molecule has 2 aromatic heterocycles. The van der Waals surface area contributed by atoms with E-state index in [9.17, 15) is 0 Å². The van der Waals surface area contributed by atoms with Crippen LogP contribution in [0.4, 0.5) is 5.95 Å². The van der Waals surface area contributed by atoms with E-state index in [1.54, 1.807) is 30.3 Å². The molecule has 1 aliphatic rings. The van der Waals surface area contributed by atoms with Crippen molar-refractivity contribution in [3.05, 3.63) is 23.7 Å². The minimum Gasteiger partial charge on any atom is -0.379 e. The Morgan fingerprint density at radius 1 is 1.29 bits per heavy atom. The van der Waals surface area contributed by atoms with E-state index in [0.717, 1.165) is 19.5 Å². The largest absolute Gasteiger partial charge is 0.379 e. The number of piperidine rings is 1. The summed E-state index contributed by atoms with van der Waals surface area (Å²) in [7, 11) is 1.74. The van der Waals surface area contributed by atoms with Gasteiger partial charge in [-0.15, -0.1) is 0 Å². The number of methoxy groups -OCH3 is 1. The van der Waals surface area contributed by atoms with Gasteiger partial charge in [0.15, 0.2) is 0 Å². The van der Waals surface area contributed by atoms with E-state index < -0.39 is 0 Å². The maximum Gasteiger partial charge on any atom is 0.256 e.